The smallest absolute Gasteiger partial charge is 0.323 e. The fourth-order valence-electron chi connectivity index (χ4n) is 6.49. The van der Waals surface area contributed by atoms with Gasteiger partial charge in [-0.15, -0.1) is 0 Å². The van der Waals surface area contributed by atoms with E-state index in [0.717, 1.165) is 5.56 Å². The molecule has 0 saturated heterocycles. The number of aliphatic carboxylic acids is 1. The van der Waals surface area contributed by atoms with Crippen LogP contribution in [0.3, 0.4) is 0 Å². The number of ether oxygens (including phenoxy) is 2. The third-order valence-electron chi connectivity index (χ3n) is 8.20. The van der Waals surface area contributed by atoms with E-state index in [1.807, 2.05) is 52.0 Å². The van der Waals surface area contributed by atoms with Crippen LogP contribution in [0.25, 0.3) is 0 Å². The summed E-state index contributed by atoms with van der Waals surface area (Å²) in [4.78, 5) is 41.7. The lowest BCUT2D eigenvalue weighted by molar-refractivity contribution is -0.138. The Morgan fingerprint density at radius 3 is 2.02 bits per heavy atom. The zero-order valence-electron chi connectivity index (χ0n) is 24.5. The lowest BCUT2D eigenvalue weighted by Crippen LogP contribution is -2.45. The molecule has 0 saturated carbocycles. The molecule has 9 heteroatoms. The van der Waals surface area contributed by atoms with Crippen molar-refractivity contribution >= 4 is 45.1 Å². The van der Waals surface area contributed by atoms with Gasteiger partial charge in [0.15, 0.2) is 23.1 Å². The Morgan fingerprint density at radius 1 is 0.976 bits per heavy atom. The van der Waals surface area contributed by atoms with Crippen molar-refractivity contribution in [1.29, 1.82) is 0 Å². The van der Waals surface area contributed by atoms with Crippen LogP contribution in [0.2, 0.25) is 5.02 Å². The Bertz CT molecular complexity index is 1480. The summed E-state index contributed by atoms with van der Waals surface area (Å²) < 4.78 is 12.5. The molecule has 0 atom stereocenters. The molecule has 2 aliphatic carbocycles. The van der Waals surface area contributed by atoms with Gasteiger partial charge in [-0.05, 0) is 75.0 Å². The summed E-state index contributed by atoms with van der Waals surface area (Å²) in [6.07, 6.45) is 1.69. The topological polar surface area (TPSA) is 93.1 Å². The second-order valence-corrected chi connectivity index (χ2v) is 14.3. The van der Waals surface area contributed by atoms with E-state index in [2.05, 4.69) is 15.9 Å². The Kier molecular flexibility index (Phi) is 8.09. The van der Waals surface area contributed by atoms with Crippen LogP contribution in [0.15, 0.2) is 63.4 Å². The maximum absolute atomic E-state index is 13.9. The van der Waals surface area contributed by atoms with E-state index in [1.54, 1.807) is 24.1 Å². The van der Waals surface area contributed by atoms with Crippen LogP contribution in [0.4, 0.5) is 0 Å². The fourth-order valence-corrected chi connectivity index (χ4v) is 7.19. The van der Waals surface area contributed by atoms with Gasteiger partial charge in [0.25, 0.3) is 0 Å². The number of nitrogens with zero attached hydrogens (tertiary/aromatic N) is 1. The first-order valence-corrected chi connectivity index (χ1v) is 15.1. The van der Waals surface area contributed by atoms with Gasteiger partial charge in [0.2, 0.25) is 0 Å². The van der Waals surface area contributed by atoms with Crippen LogP contribution in [0.5, 0.6) is 11.5 Å². The van der Waals surface area contributed by atoms with Gasteiger partial charge in [-0.25, -0.2) is 0 Å². The van der Waals surface area contributed by atoms with E-state index < -0.39 is 11.9 Å². The number of benzene rings is 2. The largest absolute Gasteiger partial charge is 0.493 e. The number of carbonyl (C=O) groups excluding carboxylic acids is 2. The third kappa shape index (κ3) is 5.88. The number of hydrogen-bond acceptors (Lipinski definition) is 6. The monoisotopic (exact) mass is 655 g/mol. The summed E-state index contributed by atoms with van der Waals surface area (Å²) in [5.74, 6) is -0.825. The number of halogens is 2. The maximum Gasteiger partial charge on any atom is 0.323 e. The molecule has 222 valence electrons. The molecule has 7 nitrogen and oxygen atoms in total. The highest BCUT2D eigenvalue weighted by atomic mass is 79.9. The molecule has 0 bridgehead atoms. The second-order valence-electron chi connectivity index (χ2n) is 13.0. The zero-order valence-corrected chi connectivity index (χ0v) is 26.8. The molecule has 0 fully saturated rings. The summed E-state index contributed by atoms with van der Waals surface area (Å²) in [7, 11) is 1.55. The minimum Gasteiger partial charge on any atom is -0.493 e. The quantitative estimate of drug-likeness (QED) is 0.331. The van der Waals surface area contributed by atoms with Crippen LogP contribution in [0.1, 0.15) is 70.4 Å². The molecule has 5 rings (SSSR count). The molecule has 2 aromatic carbocycles. The number of Topliss-reactive ketones (excluding diaryl/α,β-unsaturated/α-hetero) is 2. The standard InChI is InChI=1S/C33H35BrClNO6/c1-32(2)12-22-29(24(37)14-32)28(30-23(36(22)16-27(39)40)13-33(3,4)15-25(30)38)19-10-21(34)31(26(11-19)41-5)42-17-18-6-8-20(35)9-7-18/h6-11,28H,12-17H2,1-5H3,(H,39,40). The van der Waals surface area contributed by atoms with Crippen molar-refractivity contribution in [1.82, 2.24) is 4.90 Å². The summed E-state index contributed by atoms with van der Waals surface area (Å²) in [6, 6.07) is 11.1. The molecule has 1 aliphatic heterocycles. The number of ketones is 2. The summed E-state index contributed by atoms with van der Waals surface area (Å²) in [5, 5.41) is 10.5. The molecule has 1 heterocycles. The van der Waals surface area contributed by atoms with Crippen LogP contribution < -0.4 is 9.47 Å². The number of methoxy groups -OCH3 is 1. The van der Waals surface area contributed by atoms with Crippen LogP contribution in [-0.2, 0) is 21.0 Å². The highest BCUT2D eigenvalue weighted by Crippen LogP contribution is 2.55. The molecule has 1 N–H and O–H groups in total. The Morgan fingerprint density at radius 2 is 1.52 bits per heavy atom. The van der Waals surface area contributed by atoms with E-state index in [4.69, 9.17) is 21.1 Å². The molecule has 0 amide bonds. The number of rotatable bonds is 7. The average Bonchev–Trinajstić information content (AvgIpc) is 2.87. The highest BCUT2D eigenvalue weighted by Gasteiger charge is 2.49. The lowest BCUT2D eigenvalue weighted by atomic mass is 9.63. The lowest BCUT2D eigenvalue weighted by Gasteiger charge is -2.48. The molecule has 2 aromatic rings. The average molecular weight is 657 g/mol. The molecular weight excluding hydrogens is 622 g/mol. The fraction of sp³-hybridized carbons (Fsp3) is 0.424. The van der Waals surface area contributed by atoms with Gasteiger partial charge in [0, 0.05) is 46.3 Å². The first-order chi connectivity index (χ1) is 19.7. The van der Waals surface area contributed by atoms with Crippen molar-refractivity contribution in [2.75, 3.05) is 13.7 Å². The van der Waals surface area contributed by atoms with Crippen molar-refractivity contribution in [2.45, 2.75) is 65.9 Å². The SMILES string of the molecule is COc1cc(C2C3=C(CC(C)(C)CC3=O)N(CC(=O)O)C3=C2C(=O)CC(C)(C)C3)cc(Br)c1OCc1ccc(Cl)cc1. The maximum atomic E-state index is 13.9. The molecule has 42 heavy (non-hydrogen) atoms. The summed E-state index contributed by atoms with van der Waals surface area (Å²) in [6.45, 7) is 8.07. The van der Waals surface area contributed by atoms with Crippen LogP contribution in [0, 0.1) is 10.8 Å². The number of carbonyl (C=O) groups is 3. The minimum absolute atomic E-state index is 0.0658. The van der Waals surface area contributed by atoms with Crippen molar-refractivity contribution in [3.63, 3.8) is 0 Å². The van der Waals surface area contributed by atoms with Gasteiger partial charge in [-0.1, -0.05) is 51.4 Å². The first-order valence-electron chi connectivity index (χ1n) is 14.0. The van der Waals surface area contributed by atoms with E-state index >= 15 is 0 Å². The van der Waals surface area contributed by atoms with Gasteiger partial charge in [0.05, 0.1) is 11.6 Å². The number of hydrogen-bond donors (Lipinski definition) is 1. The number of carboxylic acids is 1. The highest BCUT2D eigenvalue weighted by molar-refractivity contribution is 9.10. The minimum atomic E-state index is -1.01. The van der Waals surface area contributed by atoms with Crippen LogP contribution in [-0.4, -0.2) is 41.2 Å². The molecule has 3 aliphatic rings. The molecule has 0 aromatic heterocycles. The first kappa shape index (κ1) is 30.4. The van der Waals surface area contributed by atoms with Gasteiger partial charge in [-0.2, -0.15) is 0 Å². The summed E-state index contributed by atoms with van der Waals surface area (Å²) in [5.41, 5.74) is 3.36. The van der Waals surface area contributed by atoms with E-state index in [9.17, 15) is 19.5 Å². The third-order valence-corrected chi connectivity index (χ3v) is 9.04. The Labute approximate surface area is 259 Å². The molecular formula is C33H35BrClNO6. The number of carboxylic acid groups (broad SMARTS) is 1. The van der Waals surface area contributed by atoms with E-state index in [-0.39, 0.29) is 35.5 Å². The van der Waals surface area contributed by atoms with Gasteiger partial charge >= 0.3 is 5.97 Å². The zero-order chi connectivity index (χ0) is 30.6. The van der Waals surface area contributed by atoms with Crippen molar-refractivity contribution < 1.29 is 29.0 Å². The normalized spacial score (nSPS) is 19.9. The van der Waals surface area contributed by atoms with E-state index in [0.29, 0.717) is 74.8 Å². The molecule has 0 radical (unpaired) electrons. The number of allylic oxidation sites excluding steroid dienone is 4. The Hall–Kier alpha value is -3.10. The predicted molar refractivity (Wildman–Crippen MR) is 164 cm³/mol. The molecule has 0 unspecified atom stereocenters. The second kappa shape index (κ2) is 11.2. The van der Waals surface area contributed by atoms with Gasteiger partial charge < -0.3 is 19.5 Å². The van der Waals surface area contributed by atoms with Crippen molar-refractivity contribution in [3.05, 3.63) is 79.6 Å². The van der Waals surface area contributed by atoms with Gasteiger partial charge in [0.1, 0.15) is 13.2 Å². The van der Waals surface area contributed by atoms with Gasteiger partial charge in [-0.3, -0.25) is 14.4 Å². The molecule has 0 spiro atoms. The van der Waals surface area contributed by atoms with E-state index in [1.165, 1.54) is 0 Å². The Balaban J connectivity index is 1.66. The van der Waals surface area contributed by atoms with Crippen molar-refractivity contribution in [2.24, 2.45) is 10.8 Å². The predicted octanol–water partition coefficient (Wildman–Crippen LogP) is 7.46. The van der Waals surface area contributed by atoms with Crippen molar-refractivity contribution in [3.8, 4) is 11.5 Å². The summed E-state index contributed by atoms with van der Waals surface area (Å²) >= 11 is 9.68. The van der Waals surface area contributed by atoms with Crippen LogP contribution >= 0.6 is 27.5 Å².